The summed E-state index contributed by atoms with van der Waals surface area (Å²) in [5, 5.41) is 0. The van der Waals surface area contributed by atoms with Gasteiger partial charge in [0.15, 0.2) is 11.1 Å². The van der Waals surface area contributed by atoms with Gasteiger partial charge < -0.3 is 19.1 Å². The van der Waals surface area contributed by atoms with Crippen molar-refractivity contribution >= 4 is 23.0 Å². The minimum atomic E-state index is -4.79. The number of nitrogens with zero attached hydrogens (tertiary/aromatic N) is 4. The molecule has 3 aromatic rings. The molecular weight excluding hydrogens is 509 g/mol. The van der Waals surface area contributed by atoms with E-state index in [0.29, 0.717) is 22.3 Å². The first-order valence-corrected chi connectivity index (χ1v) is 12.8. The number of piperazine rings is 1. The third-order valence-corrected chi connectivity index (χ3v) is 6.41. The molecule has 1 fully saturated rings. The Labute approximate surface area is 214 Å². The molecule has 0 radical (unpaired) electrons. The first-order chi connectivity index (χ1) is 17.7. The van der Waals surface area contributed by atoms with Crippen LogP contribution in [0.15, 0.2) is 54.6 Å². The number of anilines is 1. The normalized spacial score (nSPS) is 14.9. The van der Waals surface area contributed by atoms with Crippen molar-refractivity contribution in [1.29, 1.82) is 0 Å². The highest BCUT2D eigenvalue weighted by Gasteiger charge is 2.38. The number of rotatable bonds is 6. The van der Waals surface area contributed by atoms with Gasteiger partial charge in [-0.2, -0.15) is 13.2 Å². The van der Waals surface area contributed by atoms with E-state index in [1.807, 2.05) is 0 Å². The largest absolute Gasteiger partial charge is 0.451 e. The molecule has 12 heteroatoms. The van der Waals surface area contributed by atoms with E-state index in [2.05, 4.69) is 9.97 Å². The second-order valence-corrected chi connectivity index (χ2v) is 9.23. The molecular formula is C25H25F3N4O4S. The lowest BCUT2D eigenvalue weighted by Crippen LogP contribution is -2.49. The Morgan fingerprint density at radius 1 is 1.00 bits per heavy atom. The number of hydrogen-bond acceptors (Lipinski definition) is 6. The van der Waals surface area contributed by atoms with Gasteiger partial charge in [-0.3, -0.25) is 0 Å². The molecule has 0 spiro atoms. The summed E-state index contributed by atoms with van der Waals surface area (Å²) in [6.07, 6.45) is -5.26. The smallest absolute Gasteiger partial charge is 0.450 e. The van der Waals surface area contributed by atoms with Crippen molar-refractivity contribution in [2.24, 2.45) is 0 Å². The fourth-order valence-electron chi connectivity index (χ4n) is 4.10. The van der Waals surface area contributed by atoms with Crippen LogP contribution in [0.25, 0.3) is 22.4 Å². The fraction of sp³-hybridized carbons (Fsp3) is 0.320. The van der Waals surface area contributed by atoms with Gasteiger partial charge >= 0.3 is 12.3 Å². The van der Waals surface area contributed by atoms with Gasteiger partial charge in [0.25, 0.3) is 0 Å². The van der Waals surface area contributed by atoms with E-state index in [0.717, 1.165) is 0 Å². The average molecular weight is 535 g/mol. The van der Waals surface area contributed by atoms with Crippen LogP contribution in [0.3, 0.4) is 0 Å². The minimum Gasteiger partial charge on any atom is -0.450 e. The Morgan fingerprint density at radius 3 is 2.22 bits per heavy atom. The van der Waals surface area contributed by atoms with Crippen molar-refractivity contribution in [3.05, 3.63) is 66.0 Å². The zero-order chi connectivity index (χ0) is 26.6. The minimum absolute atomic E-state index is 0.0908. The Bertz CT molecular complexity index is 1270. The van der Waals surface area contributed by atoms with Gasteiger partial charge in [-0.05, 0) is 18.1 Å². The molecule has 1 aliphatic heterocycles. The van der Waals surface area contributed by atoms with Crippen molar-refractivity contribution in [2.75, 3.05) is 37.7 Å². The predicted octanol–water partition coefficient (Wildman–Crippen LogP) is 4.83. The molecule has 1 N–H and O–H groups in total. The lowest BCUT2D eigenvalue weighted by atomic mass is 9.98. The highest BCUT2D eigenvalue weighted by atomic mass is 32.2. The lowest BCUT2D eigenvalue weighted by molar-refractivity contribution is -0.144. The van der Waals surface area contributed by atoms with Crippen LogP contribution < -0.4 is 4.90 Å². The van der Waals surface area contributed by atoms with Crippen LogP contribution in [-0.4, -0.2) is 62.5 Å². The number of ether oxygens (including phenoxy) is 1. The number of alkyl halides is 3. The Kier molecular flexibility index (Phi) is 8.08. The molecule has 2 heterocycles. The van der Waals surface area contributed by atoms with Gasteiger partial charge in [-0.1, -0.05) is 54.6 Å². The Balaban J connectivity index is 1.84. The number of benzene rings is 2. The second-order valence-electron chi connectivity index (χ2n) is 8.29. The SMILES string of the molecule is CCOC(=O)N1CCN(c2nc(C(F)(F)F)nc(-c3ccc(CS(=O)O)cc3)c2-c2ccccc2)CC1. The molecule has 0 aliphatic carbocycles. The maximum Gasteiger partial charge on any atom is 0.451 e. The Morgan fingerprint density at radius 2 is 1.65 bits per heavy atom. The van der Waals surface area contributed by atoms with Crippen molar-refractivity contribution in [3.63, 3.8) is 0 Å². The van der Waals surface area contributed by atoms with Gasteiger partial charge in [0.1, 0.15) is 5.82 Å². The van der Waals surface area contributed by atoms with E-state index in [4.69, 9.17) is 9.29 Å². The van der Waals surface area contributed by atoms with Crippen molar-refractivity contribution in [1.82, 2.24) is 14.9 Å². The molecule has 1 saturated heterocycles. The summed E-state index contributed by atoms with van der Waals surface area (Å²) in [7, 11) is 0. The van der Waals surface area contributed by atoms with Gasteiger partial charge in [-0.15, -0.1) is 0 Å². The molecule has 4 rings (SSSR count). The predicted molar refractivity (Wildman–Crippen MR) is 133 cm³/mol. The first kappa shape index (κ1) is 26.6. The van der Waals surface area contributed by atoms with Gasteiger partial charge in [-0.25, -0.2) is 19.0 Å². The maximum atomic E-state index is 14.0. The molecule has 37 heavy (non-hydrogen) atoms. The van der Waals surface area contributed by atoms with E-state index in [9.17, 15) is 22.2 Å². The van der Waals surface area contributed by atoms with Crippen LogP contribution in [0, 0.1) is 0 Å². The van der Waals surface area contributed by atoms with Crippen LogP contribution in [0.1, 0.15) is 18.3 Å². The first-order valence-electron chi connectivity index (χ1n) is 11.6. The lowest BCUT2D eigenvalue weighted by Gasteiger charge is -2.36. The van der Waals surface area contributed by atoms with E-state index in [1.165, 1.54) is 4.90 Å². The second kappa shape index (κ2) is 11.3. The van der Waals surface area contributed by atoms with Gasteiger partial charge in [0.05, 0.1) is 23.6 Å². The van der Waals surface area contributed by atoms with Crippen LogP contribution in [-0.2, 0) is 27.7 Å². The molecule has 0 saturated carbocycles. The number of hydrogen-bond donors (Lipinski definition) is 1. The quantitative estimate of drug-likeness (QED) is 0.453. The number of carbonyl (C=O) groups excluding carboxylic acids is 1. The van der Waals surface area contributed by atoms with E-state index in [1.54, 1.807) is 66.4 Å². The van der Waals surface area contributed by atoms with E-state index >= 15 is 0 Å². The van der Waals surface area contributed by atoms with Gasteiger partial charge in [0.2, 0.25) is 5.82 Å². The fourth-order valence-corrected chi connectivity index (χ4v) is 4.58. The average Bonchev–Trinajstić information content (AvgIpc) is 2.88. The monoisotopic (exact) mass is 534 g/mol. The summed E-state index contributed by atoms with van der Waals surface area (Å²) in [5.41, 5.74) is 2.12. The molecule has 0 bridgehead atoms. The summed E-state index contributed by atoms with van der Waals surface area (Å²) in [5.74, 6) is -1.25. The summed E-state index contributed by atoms with van der Waals surface area (Å²) in [4.78, 5) is 23.3. The molecule has 1 atom stereocenters. The van der Waals surface area contributed by atoms with Crippen LogP contribution in [0.5, 0.6) is 0 Å². The Hall–Kier alpha value is -3.51. The van der Waals surface area contributed by atoms with Crippen molar-refractivity contribution < 1.29 is 31.5 Å². The summed E-state index contributed by atoms with van der Waals surface area (Å²) >= 11 is -2.05. The number of aromatic nitrogens is 2. The summed E-state index contributed by atoms with van der Waals surface area (Å²) in [6.45, 7) is 2.98. The standard InChI is InChI=1S/C25H25F3N4O4S/c1-2-36-24(33)32-14-12-31(13-15-32)22-20(18-6-4-3-5-7-18)21(29-23(30-22)25(26,27)28)19-10-8-17(9-11-19)16-37(34)35/h3-11H,2,12-16H2,1H3,(H,34,35). The molecule has 2 aromatic carbocycles. The topological polar surface area (TPSA) is 95.9 Å². The van der Waals surface area contributed by atoms with E-state index < -0.39 is 29.2 Å². The third-order valence-electron chi connectivity index (χ3n) is 5.83. The molecule has 1 unspecified atom stereocenters. The zero-order valence-corrected chi connectivity index (χ0v) is 20.8. The molecule has 196 valence electrons. The van der Waals surface area contributed by atoms with Crippen LogP contribution >= 0.6 is 0 Å². The molecule has 1 aromatic heterocycles. The summed E-state index contributed by atoms with van der Waals surface area (Å²) < 4.78 is 67.2. The molecule has 1 aliphatic rings. The van der Waals surface area contributed by atoms with E-state index in [-0.39, 0.29) is 50.1 Å². The summed E-state index contributed by atoms with van der Waals surface area (Å²) in [6, 6.07) is 15.2. The van der Waals surface area contributed by atoms with Crippen LogP contribution in [0.2, 0.25) is 0 Å². The highest BCUT2D eigenvalue weighted by Crippen LogP contribution is 2.40. The molecule has 8 nitrogen and oxygen atoms in total. The molecule has 1 amide bonds. The number of carbonyl (C=O) groups is 1. The van der Waals surface area contributed by atoms with Crippen molar-refractivity contribution in [2.45, 2.75) is 18.9 Å². The number of amides is 1. The van der Waals surface area contributed by atoms with Gasteiger partial charge in [0, 0.05) is 31.7 Å². The highest BCUT2D eigenvalue weighted by molar-refractivity contribution is 7.78. The maximum absolute atomic E-state index is 14.0. The third kappa shape index (κ3) is 6.25. The number of halogens is 3. The zero-order valence-electron chi connectivity index (χ0n) is 19.9. The van der Waals surface area contributed by atoms with Crippen molar-refractivity contribution in [3.8, 4) is 22.4 Å². The van der Waals surface area contributed by atoms with Crippen LogP contribution in [0.4, 0.5) is 23.8 Å².